The Morgan fingerprint density at radius 1 is 0.182 bits per heavy atom. The van der Waals surface area contributed by atoms with Crippen molar-refractivity contribution in [3.05, 3.63) is 360 Å². The molecule has 6 aliphatic carbocycles. The smallest absolute Gasteiger partial charge is 0.0787 e. The molecule has 121 heavy (non-hydrogen) atoms. The minimum Gasteiger partial charge on any atom is -0.256 e. The molecule has 0 bridgehead atoms. The third-order valence-corrected chi connectivity index (χ3v) is 28.4. The lowest BCUT2D eigenvalue weighted by atomic mass is 9.81. The zero-order valence-corrected chi connectivity index (χ0v) is 69.1. The lowest BCUT2D eigenvalue weighted by molar-refractivity contribution is 0.659. The van der Waals surface area contributed by atoms with Crippen molar-refractivity contribution in [1.82, 2.24) is 29.9 Å². The van der Waals surface area contributed by atoms with Gasteiger partial charge in [-0.1, -0.05) is 229 Å². The van der Waals surface area contributed by atoms with Crippen LogP contribution in [0.15, 0.2) is 304 Å². The van der Waals surface area contributed by atoms with Gasteiger partial charge in [0.05, 0.1) is 34.2 Å². The highest BCUT2D eigenvalue weighted by molar-refractivity contribution is 6.32. The number of hydrogen-bond acceptors (Lipinski definition) is 6. The summed E-state index contributed by atoms with van der Waals surface area (Å²) in [5.41, 5.74) is 42.2. The number of aryl methyl sites for hydroxylation is 4. The van der Waals surface area contributed by atoms with Crippen LogP contribution >= 0.6 is 0 Å². The molecule has 6 aromatic heterocycles. The monoisotopic (exact) mass is 1540 g/mol. The SMILES string of the molecule is CC1(C)c2cc(-c3cc4c5cccc6c5c(cc4c4ccccc34)-c3ncccc3-6)ccc2-c2ncccc21.Cc1ccc2c(c1)c(-c1ccc3c(c1)-c1ncccc1C3(C)C)cc1c3ccc(C)c4c3c(cc21)-c1ncccc1-4.Cc1ccc2c(c1)c(-c1ccc3c(c1)C(C)(C)c1cccnc1-3)cc1c3ccc(C)c4c3c(cc21)-c1ncccc1-4. The number of pyridine rings is 6. The molecule has 0 fully saturated rings. The molecular weight excluding hydrogens is 1470 g/mol. The Kier molecular flexibility index (Phi) is 14.3. The van der Waals surface area contributed by atoms with E-state index >= 15 is 0 Å². The second kappa shape index (κ2) is 24.8. The normalized spacial score (nSPS) is 14.1. The summed E-state index contributed by atoms with van der Waals surface area (Å²) in [5, 5.41) is 23.3. The molecular formula is C115H80N6. The first kappa shape index (κ1) is 69.6. The van der Waals surface area contributed by atoms with Crippen LogP contribution in [-0.2, 0) is 16.2 Å². The van der Waals surface area contributed by atoms with Crippen LogP contribution in [-0.4, -0.2) is 29.9 Å². The van der Waals surface area contributed by atoms with E-state index in [0.717, 1.165) is 34.2 Å². The molecule has 6 aliphatic rings. The quantitative estimate of drug-likeness (QED) is 0.164. The highest BCUT2D eigenvalue weighted by Crippen LogP contribution is 2.59. The van der Waals surface area contributed by atoms with Crippen LogP contribution in [0.2, 0.25) is 0 Å². The van der Waals surface area contributed by atoms with E-state index in [9.17, 15) is 0 Å². The number of nitrogens with zero attached hydrogens (tertiary/aromatic N) is 6. The number of hydrogen-bond donors (Lipinski definition) is 0. The molecule has 0 saturated heterocycles. The predicted molar refractivity (Wildman–Crippen MR) is 505 cm³/mol. The summed E-state index contributed by atoms with van der Waals surface area (Å²) in [5.74, 6) is 0. The summed E-state index contributed by atoms with van der Waals surface area (Å²) in [4.78, 5) is 28.9. The molecule has 0 atom stereocenters. The minimum atomic E-state index is -0.0942. The molecule has 0 aliphatic heterocycles. The van der Waals surface area contributed by atoms with Crippen molar-refractivity contribution < 1.29 is 0 Å². The molecule has 570 valence electrons. The Bertz CT molecular complexity index is 8360. The average Bonchev–Trinajstić information content (AvgIpc) is 1.59. The maximum Gasteiger partial charge on any atom is 0.0787 e. The van der Waals surface area contributed by atoms with Gasteiger partial charge >= 0.3 is 0 Å². The van der Waals surface area contributed by atoms with Crippen molar-refractivity contribution >= 4 is 97.0 Å². The van der Waals surface area contributed by atoms with Gasteiger partial charge in [0.25, 0.3) is 0 Å². The molecule has 6 heteroatoms. The fourth-order valence-electron chi connectivity index (χ4n) is 22.6. The topological polar surface area (TPSA) is 77.3 Å². The summed E-state index contributed by atoms with van der Waals surface area (Å²) < 4.78 is 0. The van der Waals surface area contributed by atoms with E-state index in [-0.39, 0.29) is 16.2 Å². The molecule has 15 aromatic carbocycles. The standard InChI is InChI=1S/2C39H28N2.C37H24N2/c1-21-9-12-24-29(17-21)28(23-11-14-26-34(18-23)39(3,4)33-8-6-16-41-38(26)33)19-31-25-13-10-22(2)35-27-7-5-15-40-37(27)32(36(25)35)20-30(24)31;1-21-9-12-24-28(17-21)27(23-11-14-33-31(18-23)38-34(39(33,3)4)8-6-16-41-38)19-30-25-13-10-22(2)35-26-7-5-15-40-37(26)32(36(25)35)20-29(24)30;1-37(2)32-13-7-17-39-36(32)27-15-14-21(18-33(27)37)28-19-30-25-11-5-10-24-26-12-6-16-38-35(26)31(34(24)25)20-29(30)23-9-4-3-8-22(23)28/h2*5-20H,1-4H3;3-20H,1-2H3. The maximum atomic E-state index is 4.87. The zero-order valence-electron chi connectivity index (χ0n) is 69.1. The highest BCUT2D eigenvalue weighted by atomic mass is 14.7. The second-order valence-corrected chi connectivity index (χ2v) is 36.1. The Balaban J connectivity index is 0.000000100. The van der Waals surface area contributed by atoms with E-state index in [1.165, 1.54) is 253 Å². The van der Waals surface area contributed by atoms with Gasteiger partial charge < -0.3 is 0 Å². The van der Waals surface area contributed by atoms with Crippen molar-refractivity contribution in [2.75, 3.05) is 0 Å². The summed E-state index contributed by atoms with van der Waals surface area (Å²) >= 11 is 0. The zero-order chi connectivity index (χ0) is 81.1. The lowest BCUT2D eigenvalue weighted by Crippen LogP contribution is -2.15. The van der Waals surface area contributed by atoms with Gasteiger partial charge in [-0.2, -0.15) is 0 Å². The first-order valence-electron chi connectivity index (χ1n) is 42.4. The molecule has 6 heterocycles. The van der Waals surface area contributed by atoms with Gasteiger partial charge in [0.15, 0.2) is 0 Å². The van der Waals surface area contributed by atoms with Crippen molar-refractivity contribution in [1.29, 1.82) is 0 Å². The molecule has 0 radical (unpaired) electrons. The summed E-state index contributed by atoms with van der Waals surface area (Å²) in [6, 6.07) is 99.7. The number of fused-ring (bicyclic) bond motifs is 30. The predicted octanol–water partition coefficient (Wildman–Crippen LogP) is 29.9. The average molecular weight is 1550 g/mol. The molecule has 0 amide bonds. The van der Waals surface area contributed by atoms with E-state index in [2.05, 4.69) is 330 Å². The van der Waals surface area contributed by atoms with Gasteiger partial charge in [0, 0.05) is 103 Å². The summed E-state index contributed by atoms with van der Waals surface area (Å²) in [6.45, 7) is 22.7. The number of aromatic nitrogens is 6. The van der Waals surface area contributed by atoms with Crippen LogP contribution in [0.5, 0.6) is 0 Å². The van der Waals surface area contributed by atoms with Gasteiger partial charge in [0.2, 0.25) is 0 Å². The van der Waals surface area contributed by atoms with Crippen molar-refractivity contribution in [2.45, 2.75) is 85.5 Å². The van der Waals surface area contributed by atoms with Crippen LogP contribution in [0.3, 0.4) is 0 Å². The van der Waals surface area contributed by atoms with Crippen molar-refractivity contribution in [3.63, 3.8) is 0 Å². The Morgan fingerprint density at radius 3 is 1.02 bits per heavy atom. The first-order valence-corrected chi connectivity index (χ1v) is 42.4. The van der Waals surface area contributed by atoms with Crippen LogP contribution in [0.4, 0.5) is 0 Å². The van der Waals surface area contributed by atoms with Gasteiger partial charge in [-0.25, -0.2) is 0 Å². The largest absolute Gasteiger partial charge is 0.256 e. The molecule has 6 nitrogen and oxygen atoms in total. The molecule has 0 saturated carbocycles. The van der Waals surface area contributed by atoms with Crippen LogP contribution in [0.1, 0.15) is 97.2 Å². The second-order valence-electron chi connectivity index (χ2n) is 36.1. The third-order valence-electron chi connectivity index (χ3n) is 28.4. The first-order chi connectivity index (χ1) is 58.9. The van der Waals surface area contributed by atoms with Crippen LogP contribution < -0.4 is 0 Å². The fourth-order valence-corrected chi connectivity index (χ4v) is 22.6. The highest BCUT2D eigenvalue weighted by Gasteiger charge is 2.41. The molecule has 27 rings (SSSR count). The van der Waals surface area contributed by atoms with E-state index in [1.807, 2.05) is 43.2 Å². The fraction of sp³-hybridized carbons (Fsp3) is 0.113. The Morgan fingerprint density at radius 2 is 0.529 bits per heavy atom. The van der Waals surface area contributed by atoms with E-state index in [1.54, 1.807) is 0 Å². The molecule has 0 unspecified atom stereocenters. The lowest BCUT2D eigenvalue weighted by Gasteiger charge is -2.22. The van der Waals surface area contributed by atoms with Crippen molar-refractivity contribution in [3.8, 4) is 134 Å². The van der Waals surface area contributed by atoms with E-state index < -0.39 is 0 Å². The number of rotatable bonds is 3. The summed E-state index contributed by atoms with van der Waals surface area (Å²) in [7, 11) is 0. The van der Waals surface area contributed by atoms with Crippen LogP contribution in [0.25, 0.3) is 231 Å². The van der Waals surface area contributed by atoms with Gasteiger partial charge in [-0.3, -0.25) is 29.9 Å². The van der Waals surface area contributed by atoms with Crippen LogP contribution in [0, 0.1) is 27.7 Å². The third kappa shape index (κ3) is 9.59. The van der Waals surface area contributed by atoms with Crippen molar-refractivity contribution in [2.24, 2.45) is 0 Å². The Labute approximate surface area is 701 Å². The Hall–Kier alpha value is -14.5. The minimum absolute atomic E-state index is 0.0569. The van der Waals surface area contributed by atoms with E-state index in [0.29, 0.717) is 0 Å². The summed E-state index contributed by atoms with van der Waals surface area (Å²) in [6.07, 6.45) is 11.5. The molecule has 0 spiro atoms. The molecule has 0 N–H and O–H groups in total. The number of benzene rings is 15. The van der Waals surface area contributed by atoms with Gasteiger partial charge in [0.1, 0.15) is 0 Å². The van der Waals surface area contributed by atoms with Gasteiger partial charge in [-0.15, -0.1) is 0 Å². The molecule has 21 aromatic rings. The van der Waals surface area contributed by atoms with E-state index in [4.69, 9.17) is 29.9 Å². The maximum absolute atomic E-state index is 4.87. The van der Waals surface area contributed by atoms with Gasteiger partial charge in [-0.05, 0) is 310 Å².